The lowest BCUT2D eigenvalue weighted by molar-refractivity contribution is -0.127. The largest absolute Gasteiger partial charge is 0.381 e. The first-order valence-corrected chi connectivity index (χ1v) is 9.94. The van der Waals surface area contributed by atoms with E-state index in [2.05, 4.69) is 10.2 Å². The molecule has 0 spiro atoms. The van der Waals surface area contributed by atoms with Crippen molar-refractivity contribution >= 4 is 5.91 Å². The molecule has 2 aliphatic heterocycles. The van der Waals surface area contributed by atoms with Crippen molar-refractivity contribution in [3.05, 3.63) is 35.6 Å². The minimum absolute atomic E-state index is 0.0695. The maximum absolute atomic E-state index is 13.8. The molecule has 4 nitrogen and oxygen atoms in total. The van der Waals surface area contributed by atoms with Crippen LogP contribution in [0.5, 0.6) is 0 Å². The second-order valence-corrected chi connectivity index (χ2v) is 7.79. The van der Waals surface area contributed by atoms with E-state index in [9.17, 15) is 9.18 Å². The van der Waals surface area contributed by atoms with E-state index in [1.807, 2.05) is 19.1 Å². The lowest BCUT2D eigenvalue weighted by Crippen LogP contribution is -2.41. The lowest BCUT2D eigenvalue weighted by atomic mass is 9.86. The lowest BCUT2D eigenvalue weighted by Gasteiger charge is -2.33. The van der Waals surface area contributed by atoms with E-state index in [4.69, 9.17) is 4.74 Å². The van der Waals surface area contributed by atoms with Crippen LogP contribution in [-0.4, -0.2) is 43.7 Å². The van der Waals surface area contributed by atoms with Gasteiger partial charge in [0.05, 0.1) is 0 Å². The van der Waals surface area contributed by atoms with Crippen LogP contribution < -0.4 is 5.32 Å². The van der Waals surface area contributed by atoms with Gasteiger partial charge in [-0.25, -0.2) is 4.39 Å². The molecule has 1 aromatic rings. The second-order valence-electron chi connectivity index (χ2n) is 7.79. The number of hydrogen-bond acceptors (Lipinski definition) is 3. The highest BCUT2D eigenvalue weighted by Crippen LogP contribution is 2.24. The van der Waals surface area contributed by atoms with Crippen molar-refractivity contribution in [3.8, 4) is 0 Å². The molecule has 26 heavy (non-hydrogen) atoms. The van der Waals surface area contributed by atoms with E-state index in [-0.39, 0.29) is 17.6 Å². The number of likely N-dealkylation sites (tertiary alicyclic amines) is 1. The summed E-state index contributed by atoms with van der Waals surface area (Å²) in [6.45, 7) is 6.97. The number of hydrogen-bond donors (Lipinski definition) is 1. The topological polar surface area (TPSA) is 41.6 Å². The van der Waals surface area contributed by atoms with Gasteiger partial charge in [-0.2, -0.15) is 0 Å². The SMILES string of the molecule is C[C@H](C(=O)NCC1CCN(Cc2ccccc2F)CC1)C1CCOCC1. The number of benzene rings is 1. The molecular weight excluding hydrogens is 331 g/mol. The zero-order chi connectivity index (χ0) is 18.4. The van der Waals surface area contributed by atoms with Crippen molar-refractivity contribution in [2.24, 2.45) is 17.8 Å². The molecule has 144 valence electrons. The second kappa shape index (κ2) is 9.47. The van der Waals surface area contributed by atoms with Gasteiger partial charge in [0.15, 0.2) is 0 Å². The molecule has 1 atom stereocenters. The van der Waals surface area contributed by atoms with Gasteiger partial charge in [0, 0.05) is 37.8 Å². The Balaban J connectivity index is 1.37. The summed E-state index contributed by atoms with van der Waals surface area (Å²) in [7, 11) is 0. The van der Waals surface area contributed by atoms with E-state index >= 15 is 0 Å². The van der Waals surface area contributed by atoms with Gasteiger partial charge < -0.3 is 10.1 Å². The summed E-state index contributed by atoms with van der Waals surface area (Å²) in [5.41, 5.74) is 0.768. The van der Waals surface area contributed by atoms with Crippen LogP contribution in [0, 0.1) is 23.6 Å². The number of piperidine rings is 1. The fourth-order valence-corrected chi connectivity index (χ4v) is 4.05. The summed E-state index contributed by atoms with van der Waals surface area (Å²) in [6, 6.07) is 7.01. The molecule has 0 radical (unpaired) electrons. The highest BCUT2D eigenvalue weighted by molar-refractivity contribution is 5.78. The Morgan fingerprint density at radius 1 is 1.23 bits per heavy atom. The summed E-state index contributed by atoms with van der Waals surface area (Å²) in [4.78, 5) is 14.7. The fourth-order valence-electron chi connectivity index (χ4n) is 4.05. The van der Waals surface area contributed by atoms with E-state index in [0.717, 1.165) is 64.1 Å². The van der Waals surface area contributed by atoms with Crippen LogP contribution in [0.2, 0.25) is 0 Å². The highest BCUT2D eigenvalue weighted by atomic mass is 19.1. The predicted octanol–water partition coefficient (Wildman–Crippen LogP) is 3.22. The summed E-state index contributed by atoms with van der Waals surface area (Å²) in [5.74, 6) is 1.11. The average Bonchev–Trinajstić information content (AvgIpc) is 2.69. The average molecular weight is 362 g/mol. The molecular formula is C21H31FN2O2. The monoisotopic (exact) mass is 362 g/mol. The molecule has 2 aliphatic rings. The smallest absolute Gasteiger partial charge is 0.223 e. The molecule has 0 aliphatic carbocycles. The molecule has 3 rings (SSSR count). The summed E-state index contributed by atoms with van der Waals surface area (Å²) < 4.78 is 19.2. The number of ether oxygens (including phenoxy) is 1. The maximum atomic E-state index is 13.8. The Kier molecular flexibility index (Phi) is 7.03. The number of carbonyl (C=O) groups excluding carboxylic acids is 1. The molecule has 5 heteroatoms. The van der Waals surface area contributed by atoms with Crippen molar-refractivity contribution in [2.45, 2.75) is 39.2 Å². The van der Waals surface area contributed by atoms with Gasteiger partial charge >= 0.3 is 0 Å². The number of nitrogens with one attached hydrogen (secondary N) is 1. The van der Waals surface area contributed by atoms with Crippen LogP contribution in [0.1, 0.15) is 38.2 Å². The van der Waals surface area contributed by atoms with Crippen LogP contribution in [0.15, 0.2) is 24.3 Å². The van der Waals surface area contributed by atoms with Gasteiger partial charge in [0.25, 0.3) is 0 Å². The first-order valence-electron chi connectivity index (χ1n) is 9.94. The van der Waals surface area contributed by atoms with Crippen LogP contribution >= 0.6 is 0 Å². The van der Waals surface area contributed by atoms with E-state index < -0.39 is 0 Å². The molecule has 1 amide bonds. The van der Waals surface area contributed by atoms with Crippen LogP contribution in [0.25, 0.3) is 0 Å². The minimum atomic E-state index is -0.121. The van der Waals surface area contributed by atoms with Gasteiger partial charge in [-0.1, -0.05) is 25.1 Å². The van der Waals surface area contributed by atoms with E-state index in [0.29, 0.717) is 18.4 Å². The van der Waals surface area contributed by atoms with E-state index in [1.165, 1.54) is 6.07 Å². The number of rotatable bonds is 6. The summed E-state index contributed by atoms with van der Waals surface area (Å²) in [5, 5.41) is 3.16. The third-order valence-corrected chi connectivity index (χ3v) is 6.01. The van der Waals surface area contributed by atoms with Crippen LogP contribution in [0.4, 0.5) is 4.39 Å². The number of amides is 1. The molecule has 2 heterocycles. The number of nitrogens with zero attached hydrogens (tertiary/aromatic N) is 1. The molecule has 1 N–H and O–H groups in total. The van der Waals surface area contributed by atoms with Crippen LogP contribution in [-0.2, 0) is 16.1 Å². The normalized spacial score (nSPS) is 21.5. The number of carbonyl (C=O) groups is 1. The Hall–Kier alpha value is -1.46. The molecule has 0 unspecified atom stereocenters. The Morgan fingerprint density at radius 3 is 2.62 bits per heavy atom. The van der Waals surface area contributed by atoms with Crippen molar-refractivity contribution in [1.82, 2.24) is 10.2 Å². The van der Waals surface area contributed by atoms with Crippen molar-refractivity contribution in [3.63, 3.8) is 0 Å². The Labute approximate surface area is 156 Å². The number of halogens is 1. The third kappa shape index (κ3) is 5.27. The van der Waals surface area contributed by atoms with Gasteiger partial charge in [0.2, 0.25) is 5.91 Å². The van der Waals surface area contributed by atoms with Gasteiger partial charge in [-0.05, 0) is 56.7 Å². The van der Waals surface area contributed by atoms with Crippen LogP contribution in [0.3, 0.4) is 0 Å². The quantitative estimate of drug-likeness (QED) is 0.845. The fraction of sp³-hybridized carbons (Fsp3) is 0.667. The third-order valence-electron chi connectivity index (χ3n) is 6.01. The Morgan fingerprint density at radius 2 is 1.92 bits per heavy atom. The summed E-state index contributed by atoms with van der Waals surface area (Å²) in [6.07, 6.45) is 4.09. The van der Waals surface area contributed by atoms with E-state index in [1.54, 1.807) is 6.07 Å². The zero-order valence-electron chi connectivity index (χ0n) is 15.8. The summed E-state index contributed by atoms with van der Waals surface area (Å²) >= 11 is 0. The molecule has 2 fully saturated rings. The first kappa shape index (κ1) is 19.3. The minimum Gasteiger partial charge on any atom is -0.381 e. The molecule has 1 aromatic carbocycles. The van der Waals surface area contributed by atoms with Gasteiger partial charge in [0.1, 0.15) is 5.82 Å². The maximum Gasteiger partial charge on any atom is 0.223 e. The predicted molar refractivity (Wildman–Crippen MR) is 100 cm³/mol. The standard InChI is InChI=1S/C21H31FN2O2/c1-16(18-8-12-26-13-9-18)21(25)23-14-17-6-10-24(11-7-17)15-19-4-2-3-5-20(19)22/h2-5,16-18H,6-15H2,1H3,(H,23,25)/t16-/m0/s1. The zero-order valence-corrected chi connectivity index (χ0v) is 15.8. The van der Waals surface area contributed by atoms with Crippen molar-refractivity contribution in [1.29, 1.82) is 0 Å². The highest BCUT2D eigenvalue weighted by Gasteiger charge is 2.27. The molecule has 0 saturated carbocycles. The first-order chi connectivity index (χ1) is 12.6. The Bertz CT molecular complexity index is 581. The molecule has 0 aromatic heterocycles. The van der Waals surface area contributed by atoms with Gasteiger partial charge in [-0.3, -0.25) is 9.69 Å². The van der Waals surface area contributed by atoms with Gasteiger partial charge in [-0.15, -0.1) is 0 Å². The van der Waals surface area contributed by atoms with Crippen molar-refractivity contribution in [2.75, 3.05) is 32.8 Å². The molecule has 0 bridgehead atoms. The van der Waals surface area contributed by atoms with Crippen molar-refractivity contribution < 1.29 is 13.9 Å². The molecule has 2 saturated heterocycles.